The Bertz CT molecular complexity index is 1560. The van der Waals surface area contributed by atoms with Crippen LogP contribution in [-0.4, -0.2) is 100 Å². The summed E-state index contributed by atoms with van der Waals surface area (Å²) in [5, 5.41) is 11.8. The number of aryl methyl sites for hydroxylation is 1. The molecule has 1 saturated carbocycles. The van der Waals surface area contributed by atoms with Gasteiger partial charge in [-0.1, -0.05) is 61.4 Å². The largest absolute Gasteiger partial charge is 0.444 e. The van der Waals surface area contributed by atoms with Crippen LogP contribution in [0.25, 0.3) is 11.3 Å². The molecule has 0 bridgehead atoms. The molecule has 1 saturated heterocycles. The molecule has 2 fully saturated rings. The first-order valence-electron chi connectivity index (χ1n) is 17.5. The average molecular weight is 658 g/mol. The maximum absolute atomic E-state index is 14.8. The van der Waals surface area contributed by atoms with Crippen LogP contribution in [0.4, 0.5) is 10.5 Å². The van der Waals surface area contributed by atoms with Crippen molar-refractivity contribution in [3.05, 3.63) is 72.2 Å². The number of hydrogen-bond acceptors (Lipinski definition) is 7. The first-order chi connectivity index (χ1) is 23.1. The van der Waals surface area contributed by atoms with E-state index in [1.54, 1.807) is 18.3 Å². The van der Waals surface area contributed by atoms with E-state index in [1.165, 1.54) is 11.3 Å². The number of piperazine rings is 1. The molecule has 0 spiro atoms. The van der Waals surface area contributed by atoms with Crippen LogP contribution < -0.4 is 4.90 Å². The summed E-state index contributed by atoms with van der Waals surface area (Å²) in [5.74, 6) is -0.161. The van der Waals surface area contributed by atoms with Gasteiger partial charge in [-0.15, -0.1) is 0 Å². The number of fused-ring (bicyclic) bond motifs is 1. The second kappa shape index (κ2) is 14.3. The summed E-state index contributed by atoms with van der Waals surface area (Å²) in [6, 6.07) is 17.9. The van der Waals surface area contributed by atoms with Crippen molar-refractivity contribution in [2.24, 2.45) is 0 Å². The van der Waals surface area contributed by atoms with Gasteiger partial charge in [0.2, 0.25) is 0 Å². The number of para-hydroxylation sites is 1. The number of amides is 2. The van der Waals surface area contributed by atoms with Crippen LogP contribution in [0.1, 0.15) is 81.4 Å². The van der Waals surface area contributed by atoms with E-state index in [4.69, 9.17) is 14.5 Å². The third kappa shape index (κ3) is 7.25. The zero-order valence-corrected chi connectivity index (χ0v) is 28.9. The second-order valence-electron chi connectivity index (χ2n) is 14.6. The Kier molecular flexibility index (Phi) is 10.1. The molecule has 48 heavy (non-hydrogen) atoms. The van der Waals surface area contributed by atoms with Crippen LogP contribution in [0.5, 0.6) is 0 Å². The molecule has 3 heterocycles. The fraction of sp³-hybridized carbons (Fsp3) is 0.553. The van der Waals surface area contributed by atoms with Crippen LogP contribution in [-0.2, 0) is 15.9 Å². The van der Waals surface area contributed by atoms with Crippen LogP contribution >= 0.6 is 0 Å². The fourth-order valence-electron chi connectivity index (χ4n) is 7.80. The Morgan fingerprint density at radius 3 is 2.54 bits per heavy atom. The van der Waals surface area contributed by atoms with Crippen molar-refractivity contribution in [3.63, 3.8) is 0 Å². The van der Waals surface area contributed by atoms with Crippen molar-refractivity contribution >= 4 is 17.7 Å². The van der Waals surface area contributed by atoms with Gasteiger partial charge in [0.05, 0.1) is 30.7 Å². The molecule has 1 aromatic heterocycles. The molecule has 10 heteroatoms. The minimum atomic E-state index is -1.07. The SMILES string of the molecule is COC[C@]1(O)CCCC[C@H]1n1cnc(C(=O)N2CCN(C(=O)OC(C)(C)C)C[C@H]2CCN2CCCc3ccccc32)c1-c1ccccc1. The molecule has 1 N–H and O–H groups in total. The zero-order valence-electron chi connectivity index (χ0n) is 28.9. The van der Waals surface area contributed by atoms with Crippen LogP contribution in [0.15, 0.2) is 60.9 Å². The lowest BCUT2D eigenvalue weighted by molar-refractivity contribution is -0.0893. The van der Waals surface area contributed by atoms with Gasteiger partial charge in [-0.05, 0) is 64.5 Å². The van der Waals surface area contributed by atoms with Crippen molar-refractivity contribution in [2.45, 2.75) is 89.0 Å². The number of aliphatic hydroxyl groups is 1. The lowest BCUT2D eigenvalue weighted by Crippen LogP contribution is -2.58. The maximum atomic E-state index is 14.8. The molecule has 3 aromatic rings. The fourth-order valence-corrected chi connectivity index (χ4v) is 7.80. The molecule has 0 radical (unpaired) electrons. The number of nitrogens with zero attached hydrogens (tertiary/aromatic N) is 5. The van der Waals surface area contributed by atoms with Crippen molar-refractivity contribution in [1.29, 1.82) is 0 Å². The Hall–Kier alpha value is -3.89. The predicted molar refractivity (Wildman–Crippen MR) is 186 cm³/mol. The number of imidazole rings is 1. The molecule has 1 aliphatic carbocycles. The van der Waals surface area contributed by atoms with Gasteiger partial charge in [-0.25, -0.2) is 9.78 Å². The second-order valence-corrected chi connectivity index (χ2v) is 14.6. The summed E-state index contributed by atoms with van der Waals surface area (Å²) >= 11 is 0. The number of aromatic nitrogens is 2. The third-order valence-electron chi connectivity index (χ3n) is 10.1. The summed E-state index contributed by atoms with van der Waals surface area (Å²) in [4.78, 5) is 38.9. The van der Waals surface area contributed by atoms with Gasteiger partial charge in [0.25, 0.3) is 5.91 Å². The standard InChI is InChI=1S/C38H51N5O5/c1-37(2,3)48-36(45)41-23-24-42(30(25-41)19-22-40-21-12-16-28-13-8-9-17-31(28)40)35(44)33-34(29-14-6-5-7-15-29)43(27-39-33)32-18-10-11-20-38(32,46)26-47-4/h5-9,13-15,17,27,30,32,46H,10-12,16,18-26H2,1-4H3/t30-,32-,38-/m1/s1. The Balaban J connectivity index is 1.33. The van der Waals surface area contributed by atoms with Gasteiger partial charge in [-0.3, -0.25) is 4.79 Å². The Morgan fingerprint density at radius 1 is 1.00 bits per heavy atom. The molecule has 0 unspecified atom stereocenters. The minimum absolute atomic E-state index is 0.161. The van der Waals surface area contributed by atoms with Gasteiger partial charge in [0, 0.05) is 51.1 Å². The molecule has 3 aliphatic rings. The molecular formula is C38H51N5O5. The van der Waals surface area contributed by atoms with Crippen LogP contribution in [0.2, 0.25) is 0 Å². The van der Waals surface area contributed by atoms with Crippen LogP contribution in [0.3, 0.4) is 0 Å². The normalized spacial score (nSPS) is 23.1. The number of ether oxygens (including phenoxy) is 2. The monoisotopic (exact) mass is 657 g/mol. The highest BCUT2D eigenvalue weighted by Gasteiger charge is 2.43. The maximum Gasteiger partial charge on any atom is 0.410 e. The summed E-state index contributed by atoms with van der Waals surface area (Å²) < 4.78 is 13.3. The van der Waals surface area contributed by atoms with E-state index < -0.39 is 11.2 Å². The van der Waals surface area contributed by atoms with E-state index in [9.17, 15) is 14.7 Å². The quantitative estimate of drug-likeness (QED) is 0.320. The van der Waals surface area contributed by atoms with Gasteiger partial charge >= 0.3 is 6.09 Å². The summed E-state index contributed by atoms with van der Waals surface area (Å²) in [6.45, 7) is 8.68. The minimum Gasteiger partial charge on any atom is -0.444 e. The predicted octanol–water partition coefficient (Wildman–Crippen LogP) is 5.95. The van der Waals surface area contributed by atoms with Crippen molar-refractivity contribution in [3.8, 4) is 11.3 Å². The number of carbonyl (C=O) groups excluding carboxylic acids is 2. The first-order valence-corrected chi connectivity index (χ1v) is 17.5. The molecule has 2 aliphatic heterocycles. The highest BCUT2D eigenvalue weighted by atomic mass is 16.6. The average Bonchev–Trinajstić information content (AvgIpc) is 3.51. The number of anilines is 1. The first kappa shape index (κ1) is 34.0. The van der Waals surface area contributed by atoms with E-state index in [2.05, 4.69) is 29.2 Å². The van der Waals surface area contributed by atoms with E-state index in [1.807, 2.05) is 60.6 Å². The van der Waals surface area contributed by atoms with E-state index in [0.717, 1.165) is 50.8 Å². The number of rotatable bonds is 8. The van der Waals surface area contributed by atoms with Gasteiger partial charge in [-0.2, -0.15) is 0 Å². The van der Waals surface area contributed by atoms with E-state index in [0.29, 0.717) is 43.9 Å². The lowest BCUT2D eigenvalue weighted by atomic mass is 9.80. The summed E-state index contributed by atoms with van der Waals surface area (Å²) in [6.07, 6.45) is 7.49. The third-order valence-corrected chi connectivity index (χ3v) is 10.1. The van der Waals surface area contributed by atoms with Crippen molar-refractivity contribution in [1.82, 2.24) is 19.4 Å². The Labute approximate surface area is 284 Å². The molecule has 10 nitrogen and oxygen atoms in total. The van der Waals surface area contributed by atoms with Gasteiger partial charge < -0.3 is 33.8 Å². The summed E-state index contributed by atoms with van der Waals surface area (Å²) in [5.41, 5.74) is 2.87. The molecule has 2 aromatic carbocycles. The van der Waals surface area contributed by atoms with Crippen molar-refractivity contribution in [2.75, 3.05) is 51.3 Å². The van der Waals surface area contributed by atoms with E-state index in [-0.39, 0.29) is 30.7 Å². The Morgan fingerprint density at radius 2 is 1.77 bits per heavy atom. The topological polar surface area (TPSA) is 100 Å². The van der Waals surface area contributed by atoms with Gasteiger partial charge in [0.15, 0.2) is 5.69 Å². The number of carbonyl (C=O) groups is 2. The number of methoxy groups -OCH3 is 1. The van der Waals surface area contributed by atoms with Gasteiger partial charge in [0.1, 0.15) is 11.2 Å². The van der Waals surface area contributed by atoms with Crippen molar-refractivity contribution < 1.29 is 24.2 Å². The molecular weight excluding hydrogens is 606 g/mol. The van der Waals surface area contributed by atoms with E-state index >= 15 is 0 Å². The smallest absolute Gasteiger partial charge is 0.410 e. The summed E-state index contributed by atoms with van der Waals surface area (Å²) in [7, 11) is 1.62. The zero-order chi connectivity index (χ0) is 33.9. The molecule has 258 valence electrons. The lowest BCUT2D eigenvalue weighted by Gasteiger charge is -2.43. The highest BCUT2D eigenvalue weighted by molar-refractivity contribution is 5.98. The molecule has 3 atom stereocenters. The number of hydrogen-bond donors (Lipinski definition) is 1. The van der Waals surface area contributed by atoms with Crippen LogP contribution in [0, 0.1) is 0 Å². The highest BCUT2D eigenvalue weighted by Crippen LogP contribution is 2.41. The molecule has 2 amide bonds. The number of benzene rings is 2. The molecule has 6 rings (SSSR count).